The minimum absolute atomic E-state index is 0.0157. The Balaban J connectivity index is 1.64. The molecule has 1 aliphatic rings. The first-order valence-electron chi connectivity index (χ1n) is 7.53. The molecule has 0 radical (unpaired) electrons. The predicted molar refractivity (Wildman–Crippen MR) is 81.5 cm³/mol. The fourth-order valence-electron chi connectivity index (χ4n) is 2.74. The topological polar surface area (TPSA) is 62.6 Å². The third-order valence-electron chi connectivity index (χ3n) is 3.89. The molecule has 2 amide bonds. The van der Waals surface area contributed by atoms with Gasteiger partial charge in [0.05, 0.1) is 11.8 Å². The molecule has 0 saturated carbocycles. The Kier molecular flexibility index (Phi) is 4.41. The first-order valence-corrected chi connectivity index (χ1v) is 7.53. The summed E-state index contributed by atoms with van der Waals surface area (Å²) in [5.41, 5.74) is 0.0157. The van der Waals surface area contributed by atoms with Gasteiger partial charge in [-0.05, 0) is 37.1 Å². The van der Waals surface area contributed by atoms with Gasteiger partial charge in [0, 0.05) is 19.1 Å². The van der Waals surface area contributed by atoms with Crippen LogP contribution in [0.1, 0.15) is 33.8 Å². The molecule has 120 valence electrons. The molecule has 0 aliphatic carbocycles. The second kappa shape index (κ2) is 6.64. The maximum absolute atomic E-state index is 13.6. The van der Waals surface area contributed by atoms with Crippen molar-refractivity contribution >= 4 is 11.8 Å². The van der Waals surface area contributed by atoms with Gasteiger partial charge >= 0.3 is 0 Å². The minimum Gasteiger partial charge on any atom is -0.459 e. The largest absolute Gasteiger partial charge is 0.459 e. The SMILES string of the molecule is O=C(N[C@@H]1CCCN(C(=O)c2ccco2)C1)c1ccccc1F. The van der Waals surface area contributed by atoms with E-state index in [1.165, 1.54) is 24.5 Å². The summed E-state index contributed by atoms with van der Waals surface area (Å²) in [6.07, 6.45) is 2.98. The molecular formula is C17H17FN2O3. The maximum atomic E-state index is 13.6. The number of carbonyl (C=O) groups excluding carboxylic acids is 2. The molecule has 1 aliphatic heterocycles. The van der Waals surface area contributed by atoms with Crippen molar-refractivity contribution in [2.24, 2.45) is 0 Å². The lowest BCUT2D eigenvalue weighted by Gasteiger charge is -2.32. The van der Waals surface area contributed by atoms with E-state index in [0.29, 0.717) is 13.1 Å². The highest BCUT2D eigenvalue weighted by atomic mass is 19.1. The molecule has 1 atom stereocenters. The number of amides is 2. The molecule has 2 heterocycles. The summed E-state index contributed by atoms with van der Waals surface area (Å²) in [6.45, 7) is 1.01. The van der Waals surface area contributed by atoms with Gasteiger partial charge in [0.15, 0.2) is 5.76 Å². The van der Waals surface area contributed by atoms with Crippen molar-refractivity contribution < 1.29 is 18.4 Å². The Morgan fingerprint density at radius 1 is 1.22 bits per heavy atom. The minimum atomic E-state index is -0.552. The molecule has 0 spiro atoms. The van der Waals surface area contributed by atoms with Gasteiger partial charge in [0.1, 0.15) is 5.82 Å². The van der Waals surface area contributed by atoms with Gasteiger partial charge in [0.2, 0.25) is 0 Å². The number of piperidine rings is 1. The van der Waals surface area contributed by atoms with Gasteiger partial charge in [0.25, 0.3) is 11.8 Å². The number of rotatable bonds is 3. The first-order chi connectivity index (χ1) is 11.1. The van der Waals surface area contributed by atoms with Crippen molar-refractivity contribution in [1.82, 2.24) is 10.2 Å². The van der Waals surface area contributed by atoms with Gasteiger partial charge in [-0.25, -0.2) is 4.39 Å². The van der Waals surface area contributed by atoms with Crippen LogP contribution in [0.5, 0.6) is 0 Å². The quantitative estimate of drug-likeness (QED) is 0.946. The van der Waals surface area contributed by atoms with E-state index in [-0.39, 0.29) is 23.3 Å². The van der Waals surface area contributed by atoms with E-state index >= 15 is 0 Å². The summed E-state index contributed by atoms with van der Waals surface area (Å²) in [6, 6.07) is 8.93. The molecule has 1 aromatic carbocycles. The summed E-state index contributed by atoms with van der Waals surface area (Å²) in [4.78, 5) is 26.1. The van der Waals surface area contributed by atoms with Gasteiger partial charge in [-0.1, -0.05) is 12.1 Å². The number of halogens is 1. The molecule has 0 unspecified atom stereocenters. The summed E-state index contributed by atoms with van der Waals surface area (Å²) in [5, 5.41) is 2.80. The number of hydrogen-bond acceptors (Lipinski definition) is 3. The van der Waals surface area contributed by atoms with E-state index in [9.17, 15) is 14.0 Å². The average Bonchev–Trinajstić information content (AvgIpc) is 3.09. The van der Waals surface area contributed by atoms with Crippen molar-refractivity contribution in [2.75, 3.05) is 13.1 Å². The lowest BCUT2D eigenvalue weighted by atomic mass is 10.0. The lowest BCUT2D eigenvalue weighted by Crippen LogP contribution is -2.49. The van der Waals surface area contributed by atoms with E-state index in [0.717, 1.165) is 12.8 Å². The van der Waals surface area contributed by atoms with Crippen LogP contribution in [0.15, 0.2) is 47.1 Å². The zero-order valence-electron chi connectivity index (χ0n) is 12.5. The highest BCUT2D eigenvalue weighted by Crippen LogP contribution is 2.15. The number of likely N-dealkylation sites (tertiary alicyclic amines) is 1. The molecule has 1 N–H and O–H groups in total. The van der Waals surface area contributed by atoms with Crippen LogP contribution in [0.25, 0.3) is 0 Å². The van der Waals surface area contributed by atoms with E-state index in [2.05, 4.69) is 5.32 Å². The predicted octanol–water partition coefficient (Wildman–Crippen LogP) is 2.45. The fourth-order valence-corrected chi connectivity index (χ4v) is 2.74. The smallest absolute Gasteiger partial charge is 0.289 e. The molecule has 6 heteroatoms. The molecule has 1 aromatic heterocycles. The van der Waals surface area contributed by atoms with Crippen LogP contribution >= 0.6 is 0 Å². The van der Waals surface area contributed by atoms with Crippen LogP contribution in [-0.2, 0) is 0 Å². The number of carbonyl (C=O) groups is 2. The molecule has 23 heavy (non-hydrogen) atoms. The summed E-state index contributed by atoms with van der Waals surface area (Å²) in [7, 11) is 0. The highest BCUT2D eigenvalue weighted by molar-refractivity contribution is 5.95. The lowest BCUT2D eigenvalue weighted by molar-refractivity contribution is 0.0646. The van der Waals surface area contributed by atoms with E-state index in [1.807, 2.05) is 0 Å². The van der Waals surface area contributed by atoms with Crippen LogP contribution in [0.3, 0.4) is 0 Å². The van der Waals surface area contributed by atoms with Crippen molar-refractivity contribution in [1.29, 1.82) is 0 Å². The van der Waals surface area contributed by atoms with Crippen molar-refractivity contribution in [3.8, 4) is 0 Å². The van der Waals surface area contributed by atoms with Gasteiger partial charge < -0.3 is 14.6 Å². The van der Waals surface area contributed by atoms with Crippen LogP contribution in [0.2, 0.25) is 0 Å². The van der Waals surface area contributed by atoms with Gasteiger partial charge in [-0.2, -0.15) is 0 Å². The highest BCUT2D eigenvalue weighted by Gasteiger charge is 2.27. The second-order valence-corrected chi connectivity index (χ2v) is 5.52. The number of benzene rings is 1. The van der Waals surface area contributed by atoms with Crippen LogP contribution in [0.4, 0.5) is 4.39 Å². The summed E-state index contributed by atoms with van der Waals surface area (Å²) < 4.78 is 18.8. The van der Waals surface area contributed by atoms with Crippen LogP contribution < -0.4 is 5.32 Å². The van der Waals surface area contributed by atoms with Crippen molar-refractivity contribution in [3.05, 3.63) is 59.8 Å². The molecule has 1 saturated heterocycles. The molecule has 1 fully saturated rings. The molecule has 2 aromatic rings. The van der Waals surface area contributed by atoms with Crippen molar-refractivity contribution in [2.45, 2.75) is 18.9 Å². The Morgan fingerprint density at radius 3 is 2.78 bits per heavy atom. The third-order valence-corrected chi connectivity index (χ3v) is 3.89. The van der Waals surface area contributed by atoms with Gasteiger partial charge in [-0.3, -0.25) is 9.59 Å². The number of nitrogens with zero attached hydrogens (tertiary/aromatic N) is 1. The zero-order chi connectivity index (χ0) is 16.2. The van der Waals surface area contributed by atoms with E-state index in [4.69, 9.17) is 4.42 Å². The standard InChI is InChI=1S/C17H17FN2O3/c18-14-7-2-1-6-13(14)16(21)19-12-5-3-9-20(11-12)17(22)15-8-4-10-23-15/h1-2,4,6-8,10,12H,3,5,9,11H2,(H,19,21)/t12-/m1/s1. The summed E-state index contributed by atoms with van der Waals surface area (Å²) in [5.74, 6) is -0.921. The maximum Gasteiger partial charge on any atom is 0.289 e. The molecule has 5 nitrogen and oxygen atoms in total. The Hall–Kier alpha value is -2.63. The Labute approximate surface area is 133 Å². The normalized spacial score (nSPS) is 17.8. The number of nitrogens with one attached hydrogen (secondary N) is 1. The zero-order valence-corrected chi connectivity index (χ0v) is 12.5. The Bertz CT molecular complexity index is 700. The average molecular weight is 316 g/mol. The second-order valence-electron chi connectivity index (χ2n) is 5.52. The Morgan fingerprint density at radius 2 is 2.04 bits per heavy atom. The molecule has 3 rings (SSSR count). The molecular weight excluding hydrogens is 299 g/mol. The number of furan rings is 1. The van der Waals surface area contributed by atoms with Crippen LogP contribution in [-0.4, -0.2) is 35.8 Å². The first kappa shape index (κ1) is 15.3. The van der Waals surface area contributed by atoms with Gasteiger partial charge in [-0.15, -0.1) is 0 Å². The monoisotopic (exact) mass is 316 g/mol. The third kappa shape index (κ3) is 3.41. The van der Waals surface area contributed by atoms with Crippen molar-refractivity contribution in [3.63, 3.8) is 0 Å². The fraction of sp³-hybridized carbons (Fsp3) is 0.294. The van der Waals surface area contributed by atoms with Crippen LogP contribution in [0, 0.1) is 5.82 Å². The number of hydrogen-bond donors (Lipinski definition) is 1. The molecule has 0 bridgehead atoms. The summed E-state index contributed by atoms with van der Waals surface area (Å²) >= 11 is 0. The van der Waals surface area contributed by atoms with E-state index in [1.54, 1.807) is 23.1 Å². The van der Waals surface area contributed by atoms with E-state index < -0.39 is 11.7 Å².